The zero-order chi connectivity index (χ0) is 14.2. The van der Waals surface area contributed by atoms with Gasteiger partial charge in [0.1, 0.15) is 5.69 Å². The summed E-state index contributed by atoms with van der Waals surface area (Å²) in [6.45, 7) is 0. The van der Waals surface area contributed by atoms with Gasteiger partial charge >= 0.3 is 5.97 Å². The Kier molecular flexibility index (Phi) is 2.99. The molecule has 2 aromatic rings. The molecule has 0 bridgehead atoms. The molecule has 0 aliphatic carbocycles. The summed E-state index contributed by atoms with van der Waals surface area (Å²) in [6, 6.07) is 1.80. The fraction of sp³-hybridized carbons (Fsp3) is 0.0909. The smallest absolute Gasteiger partial charge is 0.374 e. The van der Waals surface area contributed by atoms with E-state index in [0.29, 0.717) is 0 Å². The van der Waals surface area contributed by atoms with E-state index in [4.69, 9.17) is 5.11 Å². The first-order chi connectivity index (χ1) is 8.95. The largest absolute Gasteiger partial charge is 0.504 e. The maximum absolute atomic E-state index is 14.0. The molecule has 0 spiro atoms. The van der Waals surface area contributed by atoms with Crippen LogP contribution in [-0.4, -0.2) is 33.6 Å². The number of carboxylic acid groups (broad SMARTS) is 1. The molecular weight excluding hydrogens is 261 g/mol. The Morgan fingerprint density at radius 1 is 1.42 bits per heavy atom. The van der Waals surface area contributed by atoms with Crippen molar-refractivity contribution >= 4 is 5.97 Å². The van der Waals surface area contributed by atoms with Gasteiger partial charge < -0.3 is 24.6 Å². The van der Waals surface area contributed by atoms with Gasteiger partial charge in [0.15, 0.2) is 23.1 Å². The average Bonchev–Trinajstić information content (AvgIpc) is 2.83. The van der Waals surface area contributed by atoms with Gasteiger partial charge in [-0.1, -0.05) is 5.16 Å². The number of phenols is 2. The zero-order valence-electron chi connectivity index (χ0n) is 9.55. The van der Waals surface area contributed by atoms with E-state index in [1.165, 1.54) is 7.11 Å². The van der Waals surface area contributed by atoms with Crippen LogP contribution in [-0.2, 0) is 0 Å². The predicted molar refractivity (Wildman–Crippen MR) is 58.7 cm³/mol. The number of halogens is 1. The van der Waals surface area contributed by atoms with E-state index >= 15 is 0 Å². The first-order valence-electron chi connectivity index (χ1n) is 4.94. The van der Waals surface area contributed by atoms with Crippen molar-refractivity contribution in [3.05, 3.63) is 23.7 Å². The third-order valence-electron chi connectivity index (χ3n) is 2.38. The Hall–Kier alpha value is -2.77. The van der Waals surface area contributed by atoms with Crippen molar-refractivity contribution < 1.29 is 33.8 Å². The van der Waals surface area contributed by atoms with Crippen LogP contribution in [0.15, 0.2) is 16.7 Å². The van der Waals surface area contributed by atoms with Crippen LogP contribution in [0.2, 0.25) is 0 Å². The summed E-state index contributed by atoms with van der Waals surface area (Å²) in [5, 5.41) is 31.1. The maximum atomic E-state index is 14.0. The Morgan fingerprint density at radius 2 is 2.11 bits per heavy atom. The number of aromatic hydroxyl groups is 2. The highest BCUT2D eigenvalue weighted by Gasteiger charge is 2.24. The van der Waals surface area contributed by atoms with Crippen LogP contribution in [0.25, 0.3) is 11.3 Å². The molecule has 0 amide bonds. The summed E-state index contributed by atoms with van der Waals surface area (Å²) in [5.74, 6) is -4.67. The molecule has 0 aliphatic heterocycles. The summed E-state index contributed by atoms with van der Waals surface area (Å²) >= 11 is 0. The lowest BCUT2D eigenvalue weighted by Gasteiger charge is -2.09. The lowest BCUT2D eigenvalue weighted by atomic mass is 10.1. The summed E-state index contributed by atoms with van der Waals surface area (Å²) in [6.07, 6.45) is 0. The molecule has 3 N–H and O–H groups in total. The first-order valence-corrected chi connectivity index (χ1v) is 4.94. The van der Waals surface area contributed by atoms with Crippen LogP contribution in [0.1, 0.15) is 10.6 Å². The first kappa shape index (κ1) is 12.7. The highest BCUT2D eigenvalue weighted by molar-refractivity contribution is 5.86. The van der Waals surface area contributed by atoms with Crippen molar-refractivity contribution in [2.24, 2.45) is 0 Å². The minimum Gasteiger partial charge on any atom is -0.504 e. The van der Waals surface area contributed by atoms with Crippen LogP contribution in [0.5, 0.6) is 17.2 Å². The molecule has 1 aromatic carbocycles. The number of rotatable bonds is 3. The van der Waals surface area contributed by atoms with Gasteiger partial charge in [0.05, 0.1) is 12.7 Å². The van der Waals surface area contributed by atoms with Gasteiger partial charge in [-0.3, -0.25) is 0 Å². The molecule has 0 saturated carbocycles. The number of hydrogen-bond acceptors (Lipinski definition) is 6. The fourth-order valence-electron chi connectivity index (χ4n) is 1.49. The van der Waals surface area contributed by atoms with Crippen molar-refractivity contribution in [2.45, 2.75) is 0 Å². The normalized spacial score (nSPS) is 10.4. The van der Waals surface area contributed by atoms with Crippen LogP contribution >= 0.6 is 0 Å². The lowest BCUT2D eigenvalue weighted by molar-refractivity contribution is 0.0652. The van der Waals surface area contributed by atoms with Crippen LogP contribution in [0, 0.1) is 5.82 Å². The molecular formula is C11H8FNO6. The number of ether oxygens (including phenoxy) is 1. The van der Waals surface area contributed by atoms with Gasteiger partial charge in [0, 0.05) is 12.1 Å². The van der Waals surface area contributed by atoms with Gasteiger partial charge in [-0.25, -0.2) is 9.18 Å². The molecule has 100 valence electrons. The van der Waals surface area contributed by atoms with Crippen molar-refractivity contribution in [3.8, 4) is 28.5 Å². The molecule has 1 aromatic heterocycles. The van der Waals surface area contributed by atoms with E-state index in [2.05, 4.69) is 14.4 Å². The number of aromatic carboxylic acids is 1. The molecule has 2 rings (SSSR count). The molecule has 0 atom stereocenters. The van der Waals surface area contributed by atoms with Gasteiger partial charge in [0.25, 0.3) is 0 Å². The summed E-state index contributed by atoms with van der Waals surface area (Å²) in [5.41, 5.74) is -0.783. The topological polar surface area (TPSA) is 113 Å². The number of phenolic OH excluding ortho intramolecular Hbond substituents is 2. The van der Waals surface area contributed by atoms with E-state index in [1.54, 1.807) is 0 Å². The number of methoxy groups -OCH3 is 1. The molecule has 19 heavy (non-hydrogen) atoms. The Bertz CT molecular complexity index is 651. The molecule has 1 heterocycles. The van der Waals surface area contributed by atoms with E-state index < -0.39 is 34.6 Å². The van der Waals surface area contributed by atoms with Crippen molar-refractivity contribution in [3.63, 3.8) is 0 Å². The molecule has 7 nitrogen and oxygen atoms in total. The van der Waals surface area contributed by atoms with Crippen LogP contribution < -0.4 is 4.74 Å². The second kappa shape index (κ2) is 4.48. The van der Waals surface area contributed by atoms with Crippen molar-refractivity contribution in [1.82, 2.24) is 5.16 Å². The van der Waals surface area contributed by atoms with Crippen molar-refractivity contribution in [1.29, 1.82) is 0 Å². The van der Waals surface area contributed by atoms with Crippen LogP contribution in [0.4, 0.5) is 4.39 Å². The third kappa shape index (κ3) is 2.03. The molecule has 0 unspecified atom stereocenters. The lowest BCUT2D eigenvalue weighted by Crippen LogP contribution is -1.93. The van der Waals surface area contributed by atoms with Crippen LogP contribution in [0.3, 0.4) is 0 Å². The molecule has 0 radical (unpaired) electrons. The number of carboxylic acids is 1. The van der Waals surface area contributed by atoms with E-state index in [-0.39, 0.29) is 11.4 Å². The average molecular weight is 269 g/mol. The minimum atomic E-state index is -1.40. The SMILES string of the molecule is COc1cc(O)c(O)c(-c2cc(C(=O)O)on2)c1F. The highest BCUT2D eigenvalue weighted by atomic mass is 19.1. The van der Waals surface area contributed by atoms with E-state index in [9.17, 15) is 19.4 Å². The number of carbonyl (C=O) groups is 1. The second-order valence-corrected chi connectivity index (χ2v) is 3.52. The third-order valence-corrected chi connectivity index (χ3v) is 2.38. The highest BCUT2D eigenvalue weighted by Crippen LogP contribution is 2.42. The molecule has 0 saturated heterocycles. The molecule has 0 fully saturated rings. The summed E-state index contributed by atoms with van der Waals surface area (Å²) < 4.78 is 23.1. The standard InChI is InChI=1S/C11H8FNO6/c1-18-6-3-5(14)10(15)8(9(6)12)4-2-7(11(16)17)19-13-4/h2-3,14-15H,1H3,(H,16,17). The summed E-state index contributed by atoms with van der Waals surface area (Å²) in [7, 11) is 1.17. The second-order valence-electron chi connectivity index (χ2n) is 3.52. The van der Waals surface area contributed by atoms with Crippen molar-refractivity contribution in [2.75, 3.05) is 7.11 Å². The predicted octanol–water partition coefficient (Wildman–Crippen LogP) is 1.60. The minimum absolute atomic E-state index is 0.276. The van der Waals surface area contributed by atoms with Gasteiger partial charge in [-0.15, -0.1) is 0 Å². The fourth-order valence-corrected chi connectivity index (χ4v) is 1.49. The number of nitrogens with zero attached hydrogens (tertiary/aromatic N) is 1. The number of benzene rings is 1. The van der Waals surface area contributed by atoms with E-state index in [0.717, 1.165) is 12.1 Å². The Balaban J connectivity index is 2.66. The maximum Gasteiger partial charge on any atom is 0.374 e. The number of aromatic nitrogens is 1. The Labute approximate surface area is 105 Å². The van der Waals surface area contributed by atoms with Gasteiger partial charge in [-0.2, -0.15) is 0 Å². The number of hydrogen-bond donors (Lipinski definition) is 3. The molecule has 8 heteroatoms. The van der Waals surface area contributed by atoms with Gasteiger partial charge in [0.2, 0.25) is 5.76 Å². The summed E-state index contributed by atoms with van der Waals surface area (Å²) in [4.78, 5) is 10.6. The van der Waals surface area contributed by atoms with E-state index in [1.807, 2.05) is 0 Å². The molecule has 0 aliphatic rings. The van der Waals surface area contributed by atoms with Gasteiger partial charge in [-0.05, 0) is 0 Å². The zero-order valence-corrected chi connectivity index (χ0v) is 9.55. The quantitative estimate of drug-likeness (QED) is 0.725. The Morgan fingerprint density at radius 3 is 2.63 bits per heavy atom. The monoisotopic (exact) mass is 269 g/mol.